The predicted molar refractivity (Wildman–Crippen MR) is 121 cm³/mol. The fourth-order valence-corrected chi connectivity index (χ4v) is 3.67. The summed E-state index contributed by atoms with van der Waals surface area (Å²) in [6, 6.07) is 14.6. The van der Waals surface area contributed by atoms with Crippen molar-refractivity contribution >= 4 is 32.1 Å². The van der Waals surface area contributed by atoms with E-state index in [1.807, 2.05) is 12.1 Å². The van der Waals surface area contributed by atoms with Crippen molar-refractivity contribution in [2.75, 3.05) is 18.7 Å². The van der Waals surface area contributed by atoms with E-state index in [-0.39, 0.29) is 10.6 Å². The van der Waals surface area contributed by atoms with Crippen LogP contribution in [-0.2, 0) is 9.84 Å². The normalized spacial score (nSPS) is 11.0. The van der Waals surface area contributed by atoms with E-state index in [1.165, 1.54) is 31.4 Å². The Balaban J connectivity index is 1.65. The summed E-state index contributed by atoms with van der Waals surface area (Å²) in [5.41, 5.74) is 1.71. The van der Waals surface area contributed by atoms with Crippen LogP contribution in [0.15, 0.2) is 71.9 Å². The van der Waals surface area contributed by atoms with Crippen molar-refractivity contribution in [2.24, 2.45) is 0 Å². The fourth-order valence-electron chi connectivity index (χ4n) is 3.04. The lowest BCUT2D eigenvalue weighted by atomic mass is 10.1. The van der Waals surface area contributed by atoms with E-state index in [4.69, 9.17) is 4.74 Å². The smallest absolute Gasteiger partial charge is 0.175 e. The van der Waals surface area contributed by atoms with E-state index in [0.717, 1.165) is 17.0 Å². The number of hydrogen-bond donors (Lipinski definition) is 1. The molecule has 1 N–H and O–H groups in total. The molecular weight excluding hydrogens is 429 g/mol. The SMILES string of the molecule is COc1ccc(C#Cc2nccc3cnc(Nc4ccc(S(C)(=O)=O)cc4)cc23)cc1F. The Hall–Kier alpha value is -3.96. The van der Waals surface area contributed by atoms with Gasteiger partial charge in [-0.2, -0.15) is 0 Å². The van der Waals surface area contributed by atoms with Gasteiger partial charge >= 0.3 is 0 Å². The Morgan fingerprint density at radius 2 is 1.78 bits per heavy atom. The third-order valence-corrected chi connectivity index (χ3v) is 5.81. The standard InChI is InChI=1S/C24H18FN3O3S/c1-31-23-10-4-16(13-21(23)25)3-9-22-20-14-24(27-15-17(20)11-12-26-22)28-18-5-7-19(8-6-18)32(2,29)30/h4-8,10-15H,1-2H3,(H,27,28). The van der Waals surface area contributed by atoms with Crippen molar-refractivity contribution in [3.63, 3.8) is 0 Å². The van der Waals surface area contributed by atoms with Crippen LogP contribution >= 0.6 is 0 Å². The summed E-state index contributed by atoms with van der Waals surface area (Å²) < 4.78 is 42.1. The van der Waals surface area contributed by atoms with E-state index in [1.54, 1.807) is 30.6 Å². The van der Waals surface area contributed by atoms with Crippen LogP contribution in [0.2, 0.25) is 0 Å². The van der Waals surface area contributed by atoms with Crippen molar-refractivity contribution in [2.45, 2.75) is 4.90 Å². The number of anilines is 2. The van der Waals surface area contributed by atoms with E-state index in [2.05, 4.69) is 27.1 Å². The van der Waals surface area contributed by atoms with Crippen molar-refractivity contribution in [3.05, 3.63) is 84.1 Å². The summed E-state index contributed by atoms with van der Waals surface area (Å²) in [6.45, 7) is 0. The molecule has 0 bridgehead atoms. The molecule has 0 saturated heterocycles. The van der Waals surface area contributed by atoms with Gasteiger partial charge in [0, 0.05) is 40.7 Å². The minimum atomic E-state index is -3.26. The quantitative estimate of drug-likeness (QED) is 0.469. The summed E-state index contributed by atoms with van der Waals surface area (Å²) in [4.78, 5) is 8.99. The van der Waals surface area contributed by atoms with Crippen LogP contribution < -0.4 is 10.1 Å². The minimum Gasteiger partial charge on any atom is -0.494 e. The highest BCUT2D eigenvalue weighted by molar-refractivity contribution is 7.90. The van der Waals surface area contributed by atoms with E-state index in [9.17, 15) is 12.8 Å². The molecule has 0 aliphatic carbocycles. The highest BCUT2D eigenvalue weighted by atomic mass is 32.2. The van der Waals surface area contributed by atoms with E-state index < -0.39 is 15.7 Å². The van der Waals surface area contributed by atoms with Gasteiger partial charge in [-0.3, -0.25) is 0 Å². The first-order valence-electron chi connectivity index (χ1n) is 9.51. The number of rotatable bonds is 4. The summed E-state index contributed by atoms with van der Waals surface area (Å²) in [6.07, 6.45) is 4.50. The molecule has 0 radical (unpaired) electrons. The van der Waals surface area contributed by atoms with Gasteiger partial charge in [0.05, 0.1) is 12.0 Å². The average Bonchev–Trinajstić information content (AvgIpc) is 2.77. The Bertz CT molecular complexity index is 1470. The van der Waals surface area contributed by atoms with Gasteiger partial charge in [-0.05, 0) is 60.5 Å². The molecule has 160 valence electrons. The number of nitrogens with one attached hydrogen (secondary N) is 1. The molecule has 0 amide bonds. The molecule has 6 nitrogen and oxygen atoms in total. The summed E-state index contributed by atoms with van der Waals surface area (Å²) in [5, 5.41) is 4.78. The number of methoxy groups -OCH3 is 1. The monoisotopic (exact) mass is 447 g/mol. The lowest BCUT2D eigenvalue weighted by Crippen LogP contribution is -1.98. The summed E-state index contributed by atoms with van der Waals surface area (Å²) in [7, 11) is -1.85. The molecule has 2 aromatic heterocycles. The fraction of sp³-hybridized carbons (Fsp3) is 0.0833. The Morgan fingerprint density at radius 1 is 1.00 bits per heavy atom. The lowest BCUT2D eigenvalue weighted by Gasteiger charge is -2.08. The van der Waals surface area contributed by atoms with Gasteiger partial charge in [0.2, 0.25) is 0 Å². The third kappa shape index (κ3) is 4.68. The topological polar surface area (TPSA) is 81.2 Å². The maximum Gasteiger partial charge on any atom is 0.175 e. The summed E-state index contributed by atoms with van der Waals surface area (Å²) >= 11 is 0. The van der Waals surface area contributed by atoms with Gasteiger partial charge < -0.3 is 10.1 Å². The minimum absolute atomic E-state index is 0.158. The third-order valence-electron chi connectivity index (χ3n) is 4.68. The molecule has 4 rings (SSSR count). The summed E-state index contributed by atoms with van der Waals surface area (Å²) in [5.74, 6) is 6.15. The predicted octanol–water partition coefficient (Wildman–Crippen LogP) is 4.32. The second-order valence-electron chi connectivity index (χ2n) is 6.97. The number of hydrogen-bond acceptors (Lipinski definition) is 6. The molecule has 0 atom stereocenters. The average molecular weight is 447 g/mol. The number of fused-ring (bicyclic) bond motifs is 1. The van der Waals surface area contributed by atoms with Crippen LogP contribution in [0.5, 0.6) is 5.75 Å². The van der Waals surface area contributed by atoms with Crippen LogP contribution in [0.25, 0.3) is 10.8 Å². The van der Waals surface area contributed by atoms with Gasteiger partial charge in [0.15, 0.2) is 21.4 Å². The van der Waals surface area contributed by atoms with Crippen LogP contribution in [0.1, 0.15) is 11.3 Å². The zero-order valence-corrected chi connectivity index (χ0v) is 18.1. The van der Waals surface area contributed by atoms with Gasteiger partial charge in [-0.15, -0.1) is 0 Å². The number of ether oxygens (including phenoxy) is 1. The molecule has 0 aliphatic rings. The molecule has 8 heteroatoms. The molecule has 2 heterocycles. The maximum absolute atomic E-state index is 13.9. The molecule has 0 spiro atoms. The van der Waals surface area contributed by atoms with Crippen LogP contribution in [0.4, 0.5) is 15.9 Å². The van der Waals surface area contributed by atoms with Crippen molar-refractivity contribution in [1.29, 1.82) is 0 Å². The lowest BCUT2D eigenvalue weighted by molar-refractivity contribution is 0.386. The van der Waals surface area contributed by atoms with Crippen molar-refractivity contribution in [3.8, 4) is 17.6 Å². The van der Waals surface area contributed by atoms with Gasteiger partial charge in [-0.1, -0.05) is 5.92 Å². The number of benzene rings is 2. The first-order valence-corrected chi connectivity index (χ1v) is 11.4. The number of pyridine rings is 2. The number of aromatic nitrogens is 2. The molecular formula is C24H18FN3O3S. The molecule has 0 unspecified atom stereocenters. The van der Waals surface area contributed by atoms with Crippen molar-refractivity contribution < 1.29 is 17.5 Å². The van der Waals surface area contributed by atoms with Crippen LogP contribution in [0, 0.1) is 17.7 Å². The van der Waals surface area contributed by atoms with E-state index >= 15 is 0 Å². The second-order valence-corrected chi connectivity index (χ2v) is 8.99. The number of nitrogens with zero attached hydrogens (tertiary/aromatic N) is 2. The molecule has 4 aromatic rings. The molecule has 32 heavy (non-hydrogen) atoms. The van der Waals surface area contributed by atoms with Crippen molar-refractivity contribution in [1.82, 2.24) is 9.97 Å². The molecule has 2 aromatic carbocycles. The highest BCUT2D eigenvalue weighted by Crippen LogP contribution is 2.23. The van der Waals surface area contributed by atoms with E-state index in [0.29, 0.717) is 22.8 Å². The Morgan fingerprint density at radius 3 is 2.47 bits per heavy atom. The number of sulfone groups is 1. The Labute approximate surface area is 185 Å². The molecule has 0 saturated carbocycles. The zero-order valence-electron chi connectivity index (χ0n) is 17.3. The molecule has 0 aliphatic heterocycles. The first-order chi connectivity index (χ1) is 15.3. The van der Waals surface area contributed by atoms with Crippen LogP contribution in [0.3, 0.4) is 0 Å². The first kappa shape index (κ1) is 21.3. The zero-order chi connectivity index (χ0) is 22.7. The van der Waals surface area contributed by atoms with Gasteiger partial charge in [0.1, 0.15) is 11.5 Å². The Kier molecular flexibility index (Phi) is 5.75. The number of halogens is 1. The maximum atomic E-state index is 13.9. The second kappa shape index (κ2) is 8.65. The van der Waals surface area contributed by atoms with Crippen LogP contribution in [-0.4, -0.2) is 31.8 Å². The molecule has 0 fully saturated rings. The highest BCUT2D eigenvalue weighted by Gasteiger charge is 2.08. The largest absolute Gasteiger partial charge is 0.494 e. The van der Waals surface area contributed by atoms with Gasteiger partial charge in [0.25, 0.3) is 0 Å². The van der Waals surface area contributed by atoms with Gasteiger partial charge in [-0.25, -0.2) is 22.8 Å².